The first kappa shape index (κ1) is 12.5. The molecule has 5 heteroatoms. The molecule has 0 saturated heterocycles. The van der Waals surface area contributed by atoms with Crippen molar-refractivity contribution in [2.45, 2.75) is 30.6 Å². The highest BCUT2D eigenvalue weighted by atomic mass is 79.9. The predicted molar refractivity (Wildman–Crippen MR) is 75.5 cm³/mol. The van der Waals surface area contributed by atoms with E-state index in [1.807, 2.05) is 17.8 Å². The lowest BCUT2D eigenvalue weighted by Gasteiger charge is -2.14. The summed E-state index contributed by atoms with van der Waals surface area (Å²) in [5.74, 6) is 0.802. The quantitative estimate of drug-likeness (QED) is 0.903. The summed E-state index contributed by atoms with van der Waals surface area (Å²) in [7, 11) is 0. The average molecular weight is 322 g/mol. The van der Waals surface area contributed by atoms with Crippen molar-refractivity contribution >= 4 is 45.1 Å². The third-order valence-corrected chi connectivity index (χ3v) is 4.68. The van der Waals surface area contributed by atoms with Crippen molar-refractivity contribution in [3.05, 3.63) is 21.8 Å². The van der Waals surface area contributed by atoms with Crippen molar-refractivity contribution in [1.29, 1.82) is 0 Å². The van der Waals surface area contributed by atoms with E-state index >= 15 is 0 Å². The minimum absolute atomic E-state index is 0.517. The molecule has 0 amide bonds. The summed E-state index contributed by atoms with van der Waals surface area (Å²) in [6, 6.07) is 2.39. The number of anilines is 1. The number of nitrogens with zero attached hydrogens (tertiary/aromatic N) is 1. The molecule has 0 radical (unpaired) electrons. The Balaban J connectivity index is 1.99. The minimum Gasteiger partial charge on any atom is -0.366 e. The molecule has 2 atom stereocenters. The molecule has 0 bridgehead atoms. The van der Waals surface area contributed by atoms with Crippen molar-refractivity contribution in [3.63, 3.8) is 0 Å². The van der Waals surface area contributed by atoms with Gasteiger partial charge in [-0.3, -0.25) is 0 Å². The topological polar surface area (TPSA) is 24.9 Å². The van der Waals surface area contributed by atoms with Crippen molar-refractivity contribution in [2.75, 3.05) is 11.6 Å². The Morgan fingerprint density at radius 1 is 1.56 bits per heavy atom. The lowest BCUT2D eigenvalue weighted by Crippen LogP contribution is -2.17. The molecular formula is C11H14BrClN2S. The highest BCUT2D eigenvalue weighted by Gasteiger charge is 2.24. The van der Waals surface area contributed by atoms with Gasteiger partial charge in [0.05, 0.1) is 5.02 Å². The predicted octanol–water partition coefficient (Wildman–Crippen LogP) is 4.19. The van der Waals surface area contributed by atoms with Gasteiger partial charge in [-0.15, -0.1) is 0 Å². The number of aromatic nitrogens is 1. The van der Waals surface area contributed by atoms with E-state index in [-0.39, 0.29) is 0 Å². The minimum atomic E-state index is 0.517. The molecule has 88 valence electrons. The van der Waals surface area contributed by atoms with Crippen molar-refractivity contribution in [3.8, 4) is 0 Å². The first-order valence-corrected chi connectivity index (χ1v) is 7.75. The zero-order valence-electron chi connectivity index (χ0n) is 9.04. The molecule has 0 aliphatic heterocycles. The van der Waals surface area contributed by atoms with Gasteiger partial charge in [0.1, 0.15) is 5.82 Å². The van der Waals surface area contributed by atoms with Crippen LogP contribution in [0.5, 0.6) is 0 Å². The van der Waals surface area contributed by atoms with Crippen LogP contribution in [-0.4, -0.2) is 22.5 Å². The van der Waals surface area contributed by atoms with E-state index < -0.39 is 0 Å². The third-order valence-electron chi connectivity index (χ3n) is 2.87. The Labute approximate surface area is 114 Å². The third kappa shape index (κ3) is 3.05. The molecule has 1 fully saturated rings. The first-order valence-electron chi connectivity index (χ1n) is 5.29. The van der Waals surface area contributed by atoms with Crippen LogP contribution in [0.1, 0.15) is 19.3 Å². The molecule has 1 aromatic heterocycles. The first-order chi connectivity index (χ1) is 7.69. The fourth-order valence-electron chi connectivity index (χ4n) is 2.00. The van der Waals surface area contributed by atoms with Crippen LogP contribution in [0.3, 0.4) is 0 Å². The Morgan fingerprint density at radius 3 is 3.00 bits per heavy atom. The maximum Gasteiger partial charge on any atom is 0.145 e. The molecule has 1 saturated carbocycles. The van der Waals surface area contributed by atoms with Gasteiger partial charge >= 0.3 is 0 Å². The van der Waals surface area contributed by atoms with E-state index in [4.69, 9.17) is 11.6 Å². The summed E-state index contributed by atoms with van der Waals surface area (Å²) in [4.78, 5) is 4.30. The van der Waals surface area contributed by atoms with E-state index in [9.17, 15) is 0 Å². The average Bonchev–Trinajstić information content (AvgIpc) is 2.70. The highest BCUT2D eigenvalue weighted by Crippen LogP contribution is 2.31. The molecule has 1 aromatic rings. The van der Waals surface area contributed by atoms with Crippen molar-refractivity contribution in [1.82, 2.24) is 4.98 Å². The molecule has 1 N–H and O–H groups in total. The molecule has 1 aliphatic rings. The molecule has 1 aliphatic carbocycles. The number of nitrogens with one attached hydrogen (secondary N) is 1. The van der Waals surface area contributed by atoms with Crippen molar-refractivity contribution < 1.29 is 0 Å². The molecule has 1 heterocycles. The molecule has 2 nitrogen and oxygen atoms in total. The Kier molecular flexibility index (Phi) is 4.39. The van der Waals surface area contributed by atoms with E-state index in [1.54, 1.807) is 6.20 Å². The van der Waals surface area contributed by atoms with E-state index in [2.05, 4.69) is 32.5 Å². The molecule has 0 aromatic carbocycles. The van der Waals surface area contributed by atoms with Gasteiger partial charge in [-0.25, -0.2) is 4.98 Å². The molecular weight excluding hydrogens is 308 g/mol. The number of thioether (sulfide) groups is 1. The lowest BCUT2D eigenvalue weighted by atomic mass is 10.2. The van der Waals surface area contributed by atoms with E-state index in [0.29, 0.717) is 11.1 Å². The number of rotatable bonds is 3. The van der Waals surface area contributed by atoms with Gasteiger partial charge in [0.15, 0.2) is 0 Å². The van der Waals surface area contributed by atoms with E-state index in [0.717, 1.165) is 15.5 Å². The molecule has 2 unspecified atom stereocenters. The maximum atomic E-state index is 6.12. The van der Waals surface area contributed by atoms with Gasteiger partial charge in [0.25, 0.3) is 0 Å². The summed E-state index contributed by atoms with van der Waals surface area (Å²) >= 11 is 11.4. The van der Waals surface area contributed by atoms with Crippen LogP contribution in [0.25, 0.3) is 0 Å². The SMILES string of the molecule is CSC1CCC(Nc2ncc(Br)cc2Cl)C1. The van der Waals surface area contributed by atoms with Gasteiger partial charge in [0.2, 0.25) is 0 Å². The van der Waals surface area contributed by atoms with Crippen LogP contribution in [0, 0.1) is 0 Å². The van der Waals surface area contributed by atoms with Gasteiger partial charge in [0, 0.05) is 22.0 Å². The second-order valence-corrected chi connectivity index (χ2v) is 6.46. The van der Waals surface area contributed by atoms with Crippen LogP contribution in [0.2, 0.25) is 5.02 Å². The number of halogens is 2. The Hall–Kier alpha value is 0.0700. The van der Waals surface area contributed by atoms with Gasteiger partial charge in [-0.05, 0) is 47.5 Å². The smallest absolute Gasteiger partial charge is 0.145 e. The van der Waals surface area contributed by atoms with Gasteiger partial charge in [-0.2, -0.15) is 11.8 Å². The number of hydrogen-bond donors (Lipinski definition) is 1. The summed E-state index contributed by atoms with van der Waals surface area (Å²) in [6.45, 7) is 0. The molecule has 2 rings (SSSR count). The summed E-state index contributed by atoms with van der Waals surface area (Å²) in [5, 5.41) is 4.89. The van der Waals surface area contributed by atoms with Crippen molar-refractivity contribution in [2.24, 2.45) is 0 Å². The molecule has 16 heavy (non-hydrogen) atoms. The zero-order valence-corrected chi connectivity index (χ0v) is 12.2. The number of hydrogen-bond acceptors (Lipinski definition) is 3. The van der Waals surface area contributed by atoms with Gasteiger partial charge < -0.3 is 5.32 Å². The molecule has 0 spiro atoms. The highest BCUT2D eigenvalue weighted by molar-refractivity contribution is 9.10. The zero-order chi connectivity index (χ0) is 11.5. The van der Waals surface area contributed by atoms with Crippen LogP contribution in [-0.2, 0) is 0 Å². The second-order valence-electron chi connectivity index (χ2n) is 4.00. The Bertz CT molecular complexity index is 375. The van der Waals surface area contributed by atoms with Crippen LogP contribution in [0.15, 0.2) is 16.7 Å². The standard InChI is InChI=1S/C11H14BrClN2S/c1-16-9-3-2-8(5-9)15-11-10(13)4-7(12)6-14-11/h4,6,8-9H,2-3,5H2,1H3,(H,14,15). The maximum absolute atomic E-state index is 6.12. The van der Waals surface area contributed by atoms with Crippen LogP contribution >= 0.6 is 39.3 Å². The summed E-state index contributed by atoms with van der Waals surface area (Å²) < 4.78 is 0.913. The summed E-state index contributed by atoms with van der Waals surface area (Å²) in [5.41, 5.74) is 0. The van der Waals surface area contributed by atoms with Gasteiger partial charge in [-0.1, -0.05) is 11.6 Å². The normalized spacial score (nSPS) is 24.7. The fourth-order valence-corrected chi connectivity index (χ4v) is 3.48. The fraction of sp³-hybridized carbons (Fsp3) is 0.545. The number of pyridine rings is 1. The van der Waals surface area contributed by atoms with E-state index in [1.165, 1.54) is 19.3 Å². The summed E-state index contributed by atoms with van der Waals surface area (Å²) in [6.07, 6.45) is 7.65. The second kappa shape index (κ2) is 5.61. The van der Waals surface area contributed by atoms with Crippen LogP contribution < -0.4 is 5.32 Å². The largest absolute Gasteiger partial charge is 0.366 e. The lowest BCUT2D eigenvalue weighted by molar-refractivity contribution is 0.752. The monoisotopic (exact) mass is 320 g/mol. The Morgan fingerprint density at radius 2 is 2.38 bits per heavy atom. The van der Waals surface area contributed by atoms with Crippen LogP contribution in [0.4, 0.5) is 5.82 Å².